The highest BCUT2D eigenvalue weighted by Gasteiger charge is 2.21. The zero-order valence-electron chi connectivity index (χ0n) is 9.65. The lowest BCUT2D eigenvalue weighted by Crippen LogP contribution is -2.50. The van der Waals surface area contributed by atoms with Gasteiger partial charge in [-0.2, -0.15) is 0 Å². The highest BCUT2D eigenvalue weighted by molar-refractivity contribution is 7.80. The maximum Gasteiger partial charge on any atom is 0.169 e. The molecule has 0 aromatic heterocycles. The Morgan fingerprint density at radius 1 is 1.69 bits per heavy atom. The fourth-order valence-electron chi connectivity index (χ4n) is 1.54. The number of nitrogens with zero attached hydrogens (tertiary/aromatic N) is 1. The molecule has 0 aromatic carbocycles. The monoisotopic (exact) mass is 248 g/mol. The molecule has 0 aromatic rings. The molecule has 1 atom stereocenters. The number of rotatable bonds is 5. The molecule has 94 valence electrons. The van der Waals surface area contributed by atoms with Gasteiger partial charge in [0.05, 0.1) is 19.3 Å². The number of hydrogen-bond donors (Lipinski definition) is 2. The SMILES string of the molecule is COCCCNC(=S)N1CCOC(CO)C1. The molecule has 16 heavy (non-hydrogen) atoms. The summed E-state index contributed by atoms with van der Waals surface area (Å²) in [6.45, 7) is 3.65. The van der Waals surface area contributed by atoms with Crippen LogP contribution in [-0.2, 0) is 9.47 Å². The summed E-state index contributed by atoms with van der Waals surface area (Å²) in [5, 5.41) is 12.9. The molecule has 1 saturated heterocycles. The highest BCUT2D eigenvalue weighted by atomic mass is 32.1. The first kappa shape index (κ1) is 13.6. The van der Waals surface area contributed by atoms with E-state index < -0.39 is 0 Å². The third-order valence-corrected chi connectivity index (χ3v) is 2.83. The molecular weight excluding hydrogens is 228 g/mol. The van der Waals surface area contributed by atoms with Crippen LogP contribution in [0.25, 0.3) is 0 Å². The number of thiocarbonyl (C=S) groups is 1. The minimum Gasteiger partial charge on any atom is -0.394 e. The maximum atomic E-state index is 9.00. The normalized spacial score (nSPS) is 20.9. The van der Waals surface area contributed by atoms with Gasteiger partial charge in [0, 0.05) is 33.4 Å². The molecule has 1 rings (SSSR count). The van der Waals surface area contributed by atoms with Crippen LogP contribution in [0.2, 0.25) is 0 Å². The van der Waals surface area contributed by atoms with E-state index in [4.69, 9.17) is 26.8 Å². The highest BCUT2D eigenvalue weighted by Crippen LogP contribution is 2.04. The number of methoxy groups -OCH3 is 1. The van der Waals surface area contributed by atoms with Crippen molar-refractivity contribution in [2.24, 2.45) is 0 Å². The molecule has 0 aliphatic carbocycles. The molecule has 0 amide bonds. The predicted octanol–water partition coefficient (Wildman–Crippen LogP) is -0.409. The second kappa shape index (κ2) is 7.78. The van der Waals surface area contributed by atoms with E-state index >= 15 is 0 Å². The van der Waals surface area contributed by atoms with Crippen LogP contribution < -0.4 is 5.32 Å². The van der Waals surface area contributed by atoms with Crippen LogP contribution in [0, 0.1) is 0 Å². The molecule has 2 N–H and O–H groups in total. The summed E-state index contributed by atoms with van der Waals surface area (Å²) >= 11 is 5.26. The zero-order chi connectivity index (χ0) is 11.8. The Labute approximate surface area is 102 Å². The van der Waals surface area contributed by atoms with Crippen molar-refractivity contribution in [3.8, 4) is 0 Å². The Hall–Kier alpha value is -0.430. The summed E-state index contributed by atoms with van der Waals surface area (Å²) in [4.78, 5) is 2.03. The first-order chi connectivity index (χ1) is 7.77. The van der Waals surface area contributed by atoms with Gasteiger partial charge >= 0.3 is 0 Å². The Kier molecular flexibility index (Phi) is 6.63. The van der Waals surface area contributed by atoms with Gasteiger partial charge in [0.1, 0.15) is 0 Å². The number of aliphatic hydroxyl groups excluding tert-OH is 1. The van der Waals surface area contributed by atoms with E-state index in [0.29, 0.717) is 13.2 Å². The van der Waals surface area contributed by atoms with Gasteiger partial charge in [-0.15, -0.1) is 0 Å². The van der Waals surface area contributed by atoms with Gasteiger partial charge in [0.2, 0.25) is 0 Å². The average molecular weight is 248 g/mol. The zero-order valence-corrected chi connectivity index (χ0v) is 10.5. The van der Waals surface area contributed by atoms with Gasteiger partial charge in [0.25, 0.3) is 0 Å². The molecule has 5 nitrogen and oxygen atoms in total. The molecule has 0 saturated carbocycles. The number of hydrogen-bond acceptors (Lipinski definition) is 4. The Balaban J connectivity index is 2.19. The van der Waals surface area contributed by atoms with E-state index in [0.717, 1.165) is 31.2 Å². The van der Waals surface area contributed by atoms with E-state index in [1.807, 2.05) is 4.90 Å². The predicted molar refractivity (Wildman–Crippen MR) is 65.5 cm³/mol. The van der Waals surface area contributed by atoms with Gasteiger partial charge in [-0.05, 0) is 18.6 Å². The van der Waals surface area contributed by atoms with Crippen LogP contribution in [0.1, 0.15) is 6.42 Å². The summed E-state index contributed by atoms with van der Waals surface area (Å²) < 4.78 is 10.3. The van der Waals surface area contributed by atoms with E-state index in [9.17, 15) is 0 Å². The standard InChI is InChI=1S/C10H20N2O3S/c1-14-5-2-3-11-10(16)12-4-6-15-9(7-12)8-13/h9,13H,2-8H2,1H3,(H,11,16). The van der Waals surface area contributed by atoms with E-state index in [2.05, 4.69) is 5.32 Å². The van der Waals surface area contributed by atoms with Crippen LogP contribution >= 0.6 is 12.2 Å². The summed E-state index contributed by atoms with van der Waals surface area (Å²) in [6, 6.07) is 0. The number of nitrogens with one attached hydrogen (secondary N) is 1. The van der Waals surface area contributed by atoms with Crippen molar-refractivity contribution in [3.05, 3.63) is 0 Å². The summed E-state index contributed by atoms with van der Waals surface area (Å²) in [5.74, 6) is 0. The van der Waals surface area contributed by atoms with Crippen LogP contribution in [0.3, 0.4) is 0 Å². The first-order valence-corrected chi connectivity index (χ1v) is 5.93. The Morgan fingerprint density at radius 2 is 2.50 bits per heavy atom. The second-order valence-corrected chi connectivity index (χ2v) is 4.09. The number of aliphatic hydroxyl groups is 1. The van der Waals surface area contributed by atoms with Gasteiger partial charge in [-0.3, -0.25) is 0 Å². The molecule has 0 spiro atoms. The Morgan fingerprint density at radius 3 is 3.19 bits per heavy atom. The quantitative estimate of drug-likeness (QED) is 0.510. The van der Waals surface area contributed by atoms with Crippen molar-refractivity contribution < 1.29 is 14.6 Å². The van der Waals surface area contributed by atoms with E-state index in [1.54, 1.807) is 7.11 Å². The van der Waals surface area contributed by atoms with Crippen LogP contribution in [0.15, 0.2) is 0 Å². The maximum absolute atomic E-state index is 9.00. The van der Waals surface area contributed by atoms with Crippen molar-refractivity contribution in [3.63, 3.8) is 0 Å². The smallest absolute Gasteiger partial charge is 0.169 e. The molecule has 1 heterocycles. The van der Waals surface area contributed by atoms with Crippen LogP contribution in [-0.4, -0.2) is 67.8 Å². The third-order valence-electron chi connectivity index (χ3n) is 2.43. The van der Waals surface area contributed by atoms with Crippen molar-refractivity contribution in [1.82, 2.24) is 10.2 Å². The largest absolute Gasteiger partial charge is 0.394 e. The molecule has 0 radical (unpaired) electrons. The van der Waals surface area contributed by atoms with Crippen LogP contribution in [0.5, 0.6) is 0 Å². The summed E-state index contributed by atoms with van der Waals surface area (Å²) in [5.41, 5.74) is 0. The molecule has 0 bridgehead atoms. The van der Waals surface area contributed by atoms with Gasteiger partial charge in [-0.1, -0.05) is 0 Å². The number of morpholine rings is 1. The molecule has 1 aliphatic rings. The van der Waals surface area contributed by atoms with E-state index in [1.165, 1.54) is 0 Å². The molecule has 1 aliphatic heterocycles. The second-order valence-electron chi connectivity index (χ2n) is 3.70. The molecule has 1 fully saturated rings. The number of ether oxygens (including phenoxy) is 2. The minimum absolute atomic E-state index is 0.0444. The van der Waals surface area contributed by atoms with Crippen molar-refractivity contribution in [2.75, 3.05) is 46.6 Å². The first-order valence-electron chi connectivity index (χ1n) is 5.52. The lowest BCUT2D eigenvalue weighted by molar-refractivity contribution is -0.0342. The molecule has 6 heteroatoms. The lowest BCUT2D eigenvalue weighted by atomic mass is 10.3. The fraction of sp³-hybridized carbons (Fsp3) is 0.900. The van der Waals surface area contributed by atoms with Crippen molar-refractivity contribution in [2.45, 2.75) is 12.5 Å². The van der Waals surface area contributed by atoms with Crippen molar-refractivity contribution in [1.29, 1.82) is 0 Å². The minimum atomic E-state index is -0.118. The fourth-order valence-corrected chi connectivity index (χ4v) is 1.81. The molecule has 1 unspecified atom stereocenters. The van der Waals surface area contributed by atoms with Crippen LogP contribution in [0.4, 0.5) is 0 Å². The summed E-state index contributed by atoms with van der Waals surface area (Å²) in [7, 11) is 1.69. The average Bonchev–Trinajstić information content (AvgIpc) is 2.34. The van der Waals surface area contributed by atoms with Gasteiger partial charge in [0.15, 0.2) is 5.11 Å². The topological polar surface area (TPSA) is 54.0 Å². The third kappa shape index (κ3) is 4.61. The molecular formula is C10H20N2O3S. The lowest BCUT2D eigenvalue weighted by Gasteiger charge is -2.33. The summed E-state index contributed by atoms with van der Waals surface area (Å²) in [6.07, 6.45) is 0.817. The Bertz CT molecular complexity index is 216. The van der Waals surface area contributed by atoms with Gasteiger partial charge in [-0.25, -0.2) is 0 Å². The van der Waals surface area contributed by atoms with Crippen molar-refractivity contribution >= 4 is 17.3 Å². The van der Waals surface area contributed by atoms with E-state index in [-0.39, 0.29) is 12.7 Å². The van der Waals surface area contributed by atoms with Gasteiger partial charge < -0.3 is 24.8 Å².